The van der Waals surface area contributed by atoms with Crippen molar-refractivity contribution in [2.75, 3.05) is 20.0 Å². The van der Waals surface area contributed by atoms with Crippen LogP contribution in [0.3, 0.4) is 0 Å². The number of rotatable bonds is 3. The molecule has 5 nitrogen and oxygen atoms in total. The van der Waals surface area contributed by atoms with Gasteiger partial charge in [-0.2, -0.15) is 0 Å². The van der Waals surface area contributed by atoms with Crippen LogP contribution in [0.1, 0.15) is 11.1 Å². The predicted octanol–water partition coefficient (Wildman–Crippen LogP) is 2.56. The van der Waals surface area contributed by atoms with Crippen molar-refractivity contribution >= 4 is 5.88 Å². The number of aromatic nitrogens is 1. The number of hydrogen-bond acceptors (Lipinski definition) is 5. The van der Waals surface area contributed by atoms with Gasteiger partial charge in [0.1, 0.15) is 5.69 Å². The number of nitrogens with two attached hydrogens (primary N) is 1. The van der Waals surface area contributed by atoms with Gasteiger partial charge in [-0.3, -0.25) is 0 Å². The summed E-state index contributed by atoms with van der Waals surface area (Å²) in [5.74, 6) is 1.61. The Morgan fingerprint density at radius 1 is 1.06 bits per heavy atom. The monoisotopic (exact) mass is 248 g/mol. The van der Waals surface area contributed by atoms with Crippen LogP contribution in [-0.4, -0.2) is 19.4 Å². The van der Waals surface area contributed by atoms with E-state index in [1.807, 2.05) is 19.9 Å². The molecule has 0 bridgehead atoms. The maximum absolute atomic E-state index is 5.56. The smallest absolute Gasteiger partial charge is 0.222 e. The van der Waals surface area contributed by atoms with Crippen molar-refractivity contribution in [1.29, 1.82) is 0 Å². The standard InChI is InChI=1S/C13H16N2O3/c1-7-5-8(2)12(16-3)13(17-4)11(7)9-6-10(14)18-15-9/h5-6H,14H2,1-4H3. The van der Waals surface area contributed by atoms with Crippen molar-refractivity contribution < 1.29 is 14.0 Å². The van der Waals surface area contributed by atoms with Crippen LogP contribution in [0.15, 0.2) is 16.7 Å². The predicted molar refractivity (Wildman–Crippen MR) is 68.9 cm³/mol. The third kappa shape index (κ3) is 1.88. The van der Waals surface area contributed by atoms with Gasteiger partial charge in [-0.25, -0.2) is 0 Å². The summed E-state index contributed by atoms with van der Waals surface area (Å²) in [7, 11) is 3.21. The molecule has 2 rings (SSSR count). The van der Waals surface area contributed by atoms with E-state index in [1.54, 1.807) is 20.3 Å². The minimum absolute atomic E-state index is 0.269. The third-order valence-corrected chi connectivity index (χ3v) is 2.81. The Morgan fingerprint density at radius 3 is 2.22 bits per heavy atom. The van der Waals surface area contributed by atoms with Crippen molar-refractivity contribution in [1.82, 2.24) is 5.16 Å². The van der Waals surface area contributed by atoms with Crippen LogP contribution in [0.25, 0.3) is 11.3 Å². The zero-order valence-corrected chi connectivity index (χ0v) is 10.9. The van der Waals surface area contributed by atoms with Crippen molar-refractivity contribution in [3.8, 4) is 22.8 Å². The Bertz CT molecular complexity index is 576. The lowest BCUT2D eigenvalue weighted by atomic mass is 10.0. The third-order valence-electron chi connectivity index (χ3n) is 2.81. The Kier molecular flexibility index (Phi) is 3.14. The zero-order valence-electron chi connectivity index (χ0n) is 10.9. The molecule has 2 aromatic rings. The van der Waals surface area contributed by atoms with E-state index >= 15 is 0 Å². The van der Waals surface area contributed by atoms with Crippen LogP contribution in [0.2, 0.25) is 0 Å². The van der Waals surface area contributed by atoms with Gasteiger partial charge in [-0.15, -0.1) is 0 Å². The fourth-order valence-corrected chi connectivity index (χ4v) is 2.11. The molecule has 0 saturated carbocycles. The highest BCUT2D eigenvalue weighted by atomic mass is 16.5. The first-order valence-electron chi connectivity index (χ1n) is 5.53. The van der Waals surface area contributed by atoms with E-state index in [0.717, 1.165) is 16.7 Å². The fourth-order valence-electron chi connectivity index (χ4n) is 2.11. The SMILES string of the molecule is COc1c(C)cc(C)c(-c2cc(N)on2)c1OC. The number of nitrogens with zero attached hydrogens (tertiary/aromatic N) is 1. The van der Waals surface area contributed by atoms with Crippen LogP contribution < -0.4 is 15.2 Å². The van der Waals surface area contributed by atoms with Gasteiger partial charge in [-0.1, -0.05) is 11.2 Å². The number of ether oxygens (including phenoxy) is 2. The van der Waals surface area contributed by atoms with Crippen molar-refractivity contribution in [3.05, 3.63) is 23.3 Å². The summed E-state index contributed by atoms with van der Waals surface area (Å²) in [6, 6.07) is 3.68. The van der Waals surface area contributed by atoms with E-state index in [2.05, 4.69) is 5.16 Å². The van der Waals surface area contributed by atoms with Crippen LogP contribution >= 0.6 is 0 Å². The van der Waals surface area contributed by atoms with Crippen molar-refractivity contribution in [2.45, 2.75) is 13.8 Å². The molecule has 0 unspecified atom stereocenters. The lowest BCUT2D eigenvalue weighted by Gasteiger charge is -2.15. The molecule has 0 radical (unpaired) electrons. The van der Waals surface area contributed by atoms with Crippen LogP contribution in [0, 0.1) is 13.8 Å². The molecule has 0 aliphatic carbocycles. The van der Waals surface area contributed by atoms with E-state index in [9.17, 15) is 0 Å². The van der Waals surface area contributed by atoms with E-state index in [4.69, 9.17) is 19.7 Å². The summed E-state index contributed by atoms with van der Waals surface area (Å²) < 4.78 is 15.7. The van der Waals surface area contributed by atoms with Crippen LogP contribution in [0.5, 0.6) is 11.5 Å². The summed E-state index contributed by atoms with van der Waals surface area (Å²) in [6.45, 7) is 3.95. The van der Waals surface area contributed by atoms with Crippen molar-refractivity contribution in [3.63, 3.8) is 0 Å². The van der Waals surface area contributed by atoms with E-state index in [-0.39, 0.29) is 5.88 Å². The molecular weight excluding hydrogens is 232 g/mol. The number of aryl methyl sites for hydroxylation is 2. The van der Waals surface area contributed by atoms with Crippen LogP contribution in [-0.2, 0) is 0 Å². The largest absolute Gasteiger partial charge is 0.493 e. The molecule has 0 saturated heterocycles. The Morgan fingerprint density at radius 2 is 1.72 bits per heavy atom. The number of benzene rings is 1. The Hall–Kier alpha value is -2.17. The summed E-state index contributed by atoms with van der Waals surface area (Å²) in [4.78, 5) is 0. The molecule has 2 N–H and O–H groups in total. The first-order valence-corrected chi connectivity index (χ1v) is 5.53. The highest BCUT2D eigenvalue weighted by Crippen LogP contribution is 2.42. The van der Waals surface area contributed by atoms with Gasteiger partial charge in [0.15, 0.2) is 11.5 Å². The fraction of sp³-hybridized carbons (Fsp3) is 0.308. The molecule has 0 aliphatic rings. The number of anilines is 1. The summed E-state index contributed by atoms with van der Waals surface area (Å²) in [5, 5.41) is 3.92. The lowest BCUT2D eigenvalue weighted by Crippen LogP contribution is -1.98. The van der Waals surface area contributed by atoms with E-state index < -0.39 is 0 Å². The van der Waals surface area contributed by atoms with Crippen molar-refractivity contribution in [2.24, 2.45) is 0 Å². The van der Waals surface area contributed by atoms with Gasteiger partial charge >= 0.3 is 0 Å². The molecule has 5 heteroatoms. The zero-order chi connectivity index (χ0) is 13.3. The minimum Gasteiger partial charge on any atom is -0.493 e. The van der Waals surface area contributed by atoms with Gasteiger partial charge in [0, 0.05) is 6.07 Å². The van der Waals surface area contributed by atoms with Gasteiger partial charge < -0.3 is 19.7 Å². The number of hydrogen-bond donors (Lipinski definition) is 1. The molecule has 0 aliphatic heterocycles. The second kappa shape index (κ2) is 4.60. The first kappa shape index (κ1) is 12.3. The average molecular weight is 248 g/mol. The maximum atomic E-state index is 5.56. The molecule has 0 amide bonds. The Balaban J connectivity index is 2.73. The topological polar surface area (TPSA) is 70.5 Å². The average Bonchev–Trinajstić information content (AvgIpc) is 2.74. The van der Waals surface area contributed by atoms with Crippen LogP contribution in [0.4, 0.5) is 5.88 Å². The van der Waals surface area contributed by atoms with E-state index in [0.29, 0.717) is 17.2 Å². The molecule has 1 heterocycles. The molecule has 96 valence electrons. The quantitative estimate of drug-likeness (QED) is 0.903. The molecule has 1 aromatic heterocycles. The number of methoxy groups -OCH3 is 2. The van der Waals surface area contributed by atoms with Gasteiger partial charge in [-0.05, 0) is 25.0 Å². The number of nitrogen functional groups attached to an aromatic ring is 1. The highest BCUT2D eigenvalue weighted by Gasteiger charge is 2.19. The molecular formula is C13H16N2O3. The highest BCUT2D eigenvalue weighted by molar-refractivity contribution is 5.76. The molecule has 0 atom stereocenters. The Labute approximate surface area is 105 Å². The lowest BCUT2D eigenvalue weighted by molar-refractivity contribution is 0.353. The second-order valence-electron chi connectivity index (χ2n) is 4.07. The maximum Gasteiger partial charge on any atom is 0.222 e. The first-order chi connectivity index (χ1) is 8.58. The van der Waals surface area contributed by atoms with Gasteiger partial charge in [0.2, 0.25) is 5.88 Å². The second-order valence-corrected chi connectivity index (χ2v) is 4.07. The molecule has 18 heavy (non-hydrogen) atoms. The van der Waals surface area contributed by atoms with E-state index in [1.165, 1.54) is 0 Å². The van der Waals surface area contributed by atoms with Gasteiger partial charge in [0.05, 0.1) is 19.8 Å². The molecule has 1 aromatic carbocycles. The summed E-state index contributed by atoms with van der Waals surface area (Å²) >= 11 is 0. The summed E-state index contributed by atoms with van der Waals surface area (Å²) in [5.41, 5.74) is 9.06. The molecule has 0 spiro atoms. The summed E-state index contributed by atoms with van der Waals surface area (Å²) in [6.07, 6.45) is 0. The molecule has 0 fully saturated rings. The van der Waals surface area contributed by atoms with Gasteiger partial charge in [0.25, 0.3) is 0 Å². The minimum atomic E-state index is 0.269. The normalized spacial score (nSPS) is 10.4.